The lowest BCUT2D eigenvalue weighted by Crippen LogP contribution is -2.24. The maximum absolute atomic E-state index is 5.66. The summed E-state index contributed by atoms with van der Waals surface area (Å²) in [5, 5.41) is -0.384. The van der Waals surface area contributed by atoms with Crippen molar-refractivity contribution in [3.05, 3.63) is 11.6 Å². The van der Waals surface area contributed by atoms with Gasteiger partial charge < -0.3 is 0 Å². The molecule has 0 amide bonds. The van der Waals surface area contributed by atoms with E-state index in [2.05, 4.69) is 0 Å². The summed E-state index contributed by atoms with van der Waals surface area (Å²) in [6, 6.07) is 0. The summed E-state index contributed by atoms with van der Waals surface area (Å²) in [5.41, 5.74) is 1.31. The van der Waals surface area contributed by atoms with Crippen molar-refractivity contribution in [1.29, 1.82) is 0 Å². The van der Waals surface area contributed by atoms with E-state index >= 15 is 0 Å². The van der Waals surface area contributed by atoms with Crippen LogP contribution in [0.1, 0.15) is 0 Å². The largest absolute Gasteiger partial charge is 0.116 e. The fourth-order valence-corrected chi connectivity index (χ4v) is 0.863. The predicted molar refractivity (Wildman–Crippen MR) is 49.0 cm³/mol. The first kappa shape index (κ1) is 10.1. The SMILES string of the molecule is [SiH3]C(Cl)(Cl)C(Cl)C=CCl. The number of alkyl halides is 3. The van der Waals surface area contributed by atoms with Gasteiger partial charge in [0.1, 0.15) is 3.96 Å². The van der Waals surface area contributed by atoms with Crippen molar-refractivity contribution in [2.45, 2.75) is 9.33 Å². The molecule has 0 nitrogen and oxygen atoms in total. The van der Waals surface area contributed by atoms with Crippen molar-refractivity contribution in [3.63, 3.8) is 0 Å². The van der Waals surface area contributed by atoms with Gasteiger partial charge in [0, 0.05) is 5.54 Å². The quantitative estimate of drug-likeness (QED) is 0.495. The third kappa shape index (κ3) is 4.51. The van der Waals surface area contributed by atoms with Gasteiger partial charge in [0.2, 0.25) is 0 Å². The van der Waals surface area contributed by atoms with Gasteiger partial charge in [0.15, 0.2) is 0 Å². The summed E-state index contributed by atoms with van der Waals surface area (Å²) in [7, 11) is 0.615. The van der Waals surface area contributed by atoms with Gasteiger partial charge in [-0.05, 0) is 0 Å². The first-order valence-corrected chi connectivity index (χ1v) is 4.90. The Kier molecular flexibility index (Phi) is 4.60. The van der Waals surface area contributed by atoms with Crippen molar-refractivity contribution in [3.8, 4) is 0 Å². The molecular weight excluding hydrogens is 218 g/mol. The van der Waals surface area contributed by atoms with Crippen LogP contribution < -0.4 is 0 Å². The zero-order valence-electron chi connectivity index (χ0n) is 4.74. The Hall–Kier alpha value is 1.12. The van der Waals surface area contributed by atoms with E-state index in [9.17, 15) is 0 Å². The number of halogens is 4. The lowest BCUT2D eigenvalue weighted by atomic mass is 10.5. The molecule has 0 aromatic carbocycles. The van der Waals surface area contributed by atoms with Gasteiger partial charge in [-0.25, -0.2) is 0 Å². The van der Waals surface area contributed by atoms with E-state index in [-0.39, 0.29) is 5.38 Å². The number of hydrogen-bond acceptors (Lipinski definition) is 0. The van der Waals surface area contributed by atoms with Crippen LogP contribution in [-0.4, -0.2) is 19.6 Å². The highest BCUT2D eigenvalue weighted by atomic mass is 35.5. The molecule has 0 saturated carbocycles. The summed E-state index contributed by atoms with van der Waals surface area (Å²) < 4.78 is -0.813. The van der Waals surface area contributed by atoms with Crippen LogP contribution in [0.4, 0.5) is 0 Å². The Labute approximate surface area is 77.5 Å². The van der Waals surface area contributed by atoms with Gasteiger partial charge in [-0.2, -0.15) is 0 Å². The third-order valence-electron chi connectivity index (χ3n) is 0.726. The molecule has 0 radical (unpaired) electrons. The highest BCUT2D eigenvalue weighted by Gasteiger charge is 2.24. The van der Waals surface area contributed by atoms with Crippen LogP contribution in [0.2, 0.25) is 0 Å². The summed E-state index contributed by atoms with van der Waals surface area (Å²) in [5.74, 6) is 0. The molecule has 0 aliphatic rings. The molecular formula is C4H6Cl4Si. The average Bonchev–Trinajstić information content (AvgIpc) is 1.64. The zero-order chi connectivity index (χ0) is 7.49. The van der Waals surface area contributed by atoms with Gasteiger partial charge in [0.05, 0.1) is 15.6 Å². The highest BCUT2D eigenvalue weighted by Crippen LogP contribution is 2.26. The van der Waals surface area contributed by atoms with Crippen molar-refractivity contribution in [2.24, 2.45) is 0 Å². The van der Waals surface area contributed by atoms with E-state index < -0.39 is 3.96 Å². The summed E-state index contributed by atoms with van der Waals surface area (Å²) in [6.45, 7) is 0. The van der Waals surface area contributed by atoms with Crippen LogP contribution in [0.25, 0.3) is 0 Å². The second-order valence-corrected chi connectivity index (χ2v) is 7.01. The van der Waals surface area contributed by atoms with Crippen LogP contribution in [-0.2, 0) is 0 Å². The van der Waals surface area contributed by atoms with E-state index in [1.54, 1.807) is 6.08 Å². The molecule has 0 fully saturated rings. The molecule has 0 bridgehead atoms. The predicted octanol–water partition coefficient (Wildman–Crippen LogP) is 1.84. The Balaban J connectivity index is 3.88. The Morgan fingerprint density at radius 1 is 1.44 bits per heavy atom. The molecule has 0 aliphatic carbocycles. The maximum atomic E-state index is 5.66. The van der Waals surface area contributed by atoms with Gasteiger partial charge in [-0.15, -0.1) is 34.8 Å². The molecule has 0 aliphatic heterocycles. The van der Waals surface area contributed by atoms with E-state index in [0.29, 0.717) is 10.2 Å². The van der Waals surface area contributed by atoms with Crippen molar-refractivity contribution < 1.29 is 0 Å². The average molecular weight is 224 g/mol. The standard InChI is InChI=1S/C4H6Cl4Si/c5-2-1-3(6)4(7,8)9/h1-3H,9H3. The van der Waals surface area contributed by atoms with Gasteiger partial charge in [-0.1, -0.05) is 17.7 Å². The Bertz CT molecular complexity index is 106. The molecule has 1 atom stereocenters. The molecule has 1 unspecified atom stereocenters. The first-order valence-electron chi connectivity index (χ1n) is 2.27. The molecule has 0 aromatic heterocycles. The first-order chi connectivity index (χ1) is 3.98. The third-order valence-corrected chi connectivity index (χ3v) is 3.13. The van der Waals surface area contributed by atoms with Crippen molar-refractivity contribution >= 4 is 56.6 Å². The molecule has 0 saturated heterocycles. The fourth-order valence-electron chi connectivity index (χ4n) is 0.233. The number of hydrogen-bond donors (Lipinski definition) is 0. The molecule has 0 rings (SSSR count). The monoisotopic (exact) mass is 222 g/mol. The molecule has 54 valence electrons. The lowest BCUT2D eigenvalue weighted by Gasteiger charge is -2.15. The minimum Gasteiger partial charge on any atom is -0.116 e. The molecule has 0 N–H and O–H groups in total. The molecule has 0 aromatic rings. The molecule has 0 heterocycles. The van der Waals surface area contributed by atoms with Crippen molar-refractivity contribution in [1.82, 2.24) is 0 Å². The Morgan fingerprint density at radius 3 is 2.00 bits per heavy atom. The summed E-state index contributed by atoms with van der Waals surface area (Å²) in [6.07, 6.45) is 1.55. The van der Waals surface area contributed by atoms with Crippen LogP contribution >= 0.6 is 46.4 Å². The van der Waals surface area contributed by atoms with Gasteiger partial charge >= 0.3 is 0 Å². The van der Waals surface area contributed by atoms with E-state index in [1.807, 2.05) is 0 Å². The van der Waals surface area contributed by atoms with E-state index in [0.717, 1.165) is 0 Å². The smallest absolute Gasteiger partial charge is 0.116 e. The fraction of sp³-hybridized carbons (Fsp3) is 0.500. The topological polar surface area (TPSA) is 0 Å². The molecule has 9 heavy (non-hydrogen) atoms. The number of rotatable bonds is 2. The minimum absolute atomic E-state index is 0.384. The van der Waals surface area contributed by atoms with Crippen LogP contribution in [0.3, 0.4) is 0 Å². The van der Waals surface area contributed by atoms with E-state index in [4.69, 9.17) is 46.4 Å². The van der Waals surface area contributed by atoms with Crippen LogP contribution in [0.15, 0.2) is 11.6 Å². The minimum atomic E-state index is -0.813. The van der Waals surface area contributed by atoms with Crippen LogP contribution in [0, 0.1) is 0 Å². The van der Waals surface area contributed by atoms with Gasteiger partial charge in [0.25, 0.3) is 0 Å². The summed E-state index contributed by atoms with van der Waals surface area (Å²) >= 11 is 22.2. The normalized spacial score (nSPS) is 16.9. The van der Waals surface area contributed by atoms with E-state index in [1.165, 1.54) is 5.54 Å². The second-order valence-electron chi connectivity index (χ2n) is 1.68. The zero-order valence-corrected chi connectivity index (χ0v) is 9.77. The van der Waals surface area contributed by atoms with Gasteiger partial charge in [-0.3, -0.25) is 0 Å². The Morgan fingerprint density at radius 2 is 1.89 bits per heavy atom. The highest BCUT2D eigenvalue weighted by molar-refractivity contribution is 6.68. The lowest BCUT2D eigenvalue weighted by molar-refractivity contribution is 1.08. The molecule has 0 spiro atoms. The van der Waals surface area contributed by atoms with Crippen molar-refractivity contribution in [2.75, 3.05) is 0 Å². The second kappa shape index (κ2) is 4.09. The molecule has 5 heteroatoms. The van der Waals surface area contributed by atoms with Crippen LogP contribution in [0.5, 0.6) is 0 Å². The summed E-state index contributed by atoms with van der Waals surface area (Å²) in [4.78, 5) is 0. The number of allylic oxidation sites excluding steroid dienone is 1. The maximum Gasteiger partial charge on any atom is 0.116 e.